The van der Waals surface area contributed by atoms with Crippen LogP contribution in [0.5, 0.6) is 5.75 Å². The Labute approximate surface area is 287 Å². The van der Waals surface area contributed by atoms with Gasteiger partial charge >= 0.3 is 5.69 Å². The standard InChI is InChI=1S/C33H40N6O8S2/c1-19-26-27(40)38(32(2,3)30(41)36-49(43,44)33(4)12-13-33)31(42)37(29(26)48-28(19)39-34-14-15-35-39)18-25(23-8-6-7-9-24(23)45-5)47-22-16-20-10-11-21(17-22)46-20/h6-9,14-15,20-22,25H,10-13,16-18H2,1-5H3,(H,36,41)/t20-,21-,25+/m1/s1. The lowest BCUT2D eigenvalue weighted by Crippen LogP contribution is -2.57. The first kappa shape index (κ1) is 33.6. The largest absolute Gasteiger partial charge is 0.496 e. The molecular formula is C33H40N6O8S2. The number of aryl methyl sites for hydroxylation is 1. The second-order valence-corrected chi connectivity index (χ2v) is 17.1. The van der Waals surface area contributed by atoms with Gasteiger partial charge in [0.25, 0.3) is 11.5 Å². The van der Waals surface area contributed by atoms with E-state index in [1.807, 2.05) is 24.3 Å². The maximum atomic E-state index is 14.7. The van der Waals surface area contributed by atoms with Crippen molar-refractivity contribution in [1.82, 2.24) is 28.9 Å². The second-order valence-electron chi connectivity index (χ2n) is 13.9. The van der Waals surface area contributed by atoms with Gasteiger partial charge in [-0.2, -0.15) is 10.2 Å². The number of fused-ring (bicyclic) bond motifs is 3. The van der Waals surface area contributed by atoms with Gasteiger partial charge in [-0.15, -0.1) is 4.80 Å². The van der Waals surface area contributed by atoms with Crippen LogP contribution < -0.4 is 20.7 Å². The Bertz CT molecular complexity index is 2140. The van der Waals surface area contributed by atoms with Crippen LogP contribution in [-0.4, -0.2) is 68.6 Å². The van der Waals surface area contributed by atoms with Gasteiger partial charge in [-0.1, -0.05) is 29.5 Å². The molecule has 2 saturated heterocycles. The summed E-state index contributed by atoms with van der Waals surface area (Å²) in [5.74, 6) is -0.412. The molecule has 0 radical (unpaired) electrons. The molecular weight excluding hydrogens is 673 g/mol. The third-order valence-corrected chi connectivity index (χ3v) is 13.6. The monoisotopic (exact) mass is 712 g/mol. The Morgan fingerprint density at radius 2 is 1.80 bits per heavy atom. The first-order valence-electron chi connectivity index (χ1n) is 16.4. The van der Waals surface area contributed by atoms with Gasteiger partial charge in [0.1, 0.15) is 27.2 Å². The Hall–Kier alpha value is -3.86. The highest BCUT2D eigenvalue weighted by molar-refractivity contribution is 7.91. The number of nitrogens with zero attached hydrogens (tertiary/aromatic N) is 5. The van der Waals surface area contributed by atoms with E-state index in [2.05, 4.69) is 14.9 Å². The number of sulfonamides is 1. The Balaban J connectivity index is 1.39. The molecule has 4 aromatic rings. The van der Waals surface area contributed by atoms with Gasteiger partial charge in [-0.05, 0) is 72.3 Å². The number of thiophene rings is 1. The van der Waals surface area contributed by atoms with Crippen LogP contribution in [0, 0.1) is 6.92 Å². The molecule has 2 bridgehead atoms. The van der Waals surface area contributed by atoms with Crippen LogP contribution in [0.3, 0.4) is 0 Å². The molecule has 0 spiro atoms. The van der Waals surface area contributed by atoms with E-state index in [0.29, 0.717) is 52.4 Å². The Morgan fingerprint density at radius 3 is 2.43 bits per heavy atom. The fourth-order valence-electron chi connectivity index (χ4n) is 6.88. The SMILES string of the molecule is COc1ccccc1[C@H](Cn1c(=O)n(C(C)(C)C(=O)NS(=O)(=O)C2(C)CC2)c(=O)c2c(C)c(-n3nccn3)sc21)OC1C[C@H]2CC[C@H](C1)O2. The third-order valence-electron chi connectivity index (χ3n) is 10.2. The Kier molecular flexibility index (Phi) is 8.36. The number of ether oxygens (including phenoxy) is 3. The van der Waals surface area contributed by atoms with Crippen LogP contribution >= 0.6 is 11.3 Å². The van der Waals surface area contributed by atoms with E-state index in [1.165, 1.54) is 46.9 Å². The average Bonchev–Trinajstić information content (AvgIpc) is 3.35. The van der Waals surface area contributed by atoms with Gasteiger partial charge in [0.15, 0.2) is 0 Å². The maximum absolute atomic E-state index is 14.7. The Morgan fingerprint density at radius 1 is 1.14 bits per heavy atom. The summed E-state index contributed by atoms with van der Waals surface area (Å²) in [5, 5.41) is 9.23. The van der Waals surface area contributed by atoms with Crippen LogP contribution in [0.4, 0.5) is 0 Å². The minimum absolute atomic E-state index is 0.0390. The fraction of sp³-hybridized carbons (Fsp3) is 0.545. The van der Waals surface area contributed by atoms with E-state index in [-0.39, 0.29) is 30.2 Å². The molecule has 49 heavy (non-hydrogen) atoms. The van der Waals surface area contributed by atoms with Crippen molar-refractivity contribution in [3.63, 3.8) is 0 Å². The number of methoxy groups -OCH3 is 1. The molecule has 5 heterocycles. The third kappa shape index (κ3) is 5.81. The summed E-state index contributed by atoms with van der Waals surface area (Å²) in [7, 11) is -2.49. The number of para-hydroxylation sites is 1. The quantitative estimate of drug-likeness (QED) is 0.244. The van der Waals surface area contributed by atoms with Gasteiger partial charge in [0.2, 0.25) is 10.0 Å². The molecule has 16 heteroatoms. The zero-order valence-electron chi connectivity index (χ0n) is 28.0. The van der Waals surface area contributed by atoms with Gasteiger partial charge in [0, 0.05) is 11.1 Å². The number of amides is 1. The molecule has 3 fully saturated rings. The molecule has 262 valence electrons. The van der Waals surface area contributed by atoms with Crippen molar-refractivity contribution in [2.45, 2.75) is 107 Å². The zero-order chi connectivity index (χ0) is 34.9. The van der Waals surface area contributed by atoms with Crippen molar-refractivity contribution in [3.8, 4) is 10.8 Å². The fourth-order valence-corrected chi connectivity index (χ4v) is 9.48. The van der Waals surface area contributed by atoms with E-state index in [0.717, 1.165) is 17.4 Å². The van der Waals surface area contributed by atoms with Crippen molar-refractivity contribution >= 4 is 37.5 Å². The summed E-state index contributed by atoms with van der Waals surface area (Å²) in [6.45, 7) is 5.99. The smallest absolute Gasteiger partial charge is 0.333 e. The number of hydrogen-bond donors (Lipinski definition) is 1. The number of nitrogens with one attached hydrogen (secondary N) is 1. The van der Waals surface area contributed by atoms with E-state index in [4.69, 9.17) is 14.2 Å². The van der Waals surface area contributed by atoms with Gasteiger partial charge < -0.3 is 14.2 Å². The van der Waals surface area contributed by atoms with Crippen molar-refractivity contribution in [2.24, 2.45) is 0 Å². The van der Waals surface area contributed by atoms with E-state index < -0.39 is 43.6 Å². The minimum atomic E-state index is -4.06. The normalized spacial score (nSPS) is 22.3. The van der Waals surface area contributed by atoms with E-state index >= 15 is 0 Å². The van der Waals surface area contributed by atoms with Crippen molar-refractivity contribution in [1.29, 1.82) is 0 Å². The summed E-state index contributed by atoms with van der Waals surface area (Å²) >= 11 is 1.17. The number of benzene rings is 1. The number of rotatable bonds is 11. The molecule has 1 saturated carbocycles. The molecule has 3 aliphatic rings. The average molecular weight is 713 g/mol. The highest BCUT2D eigenvalue weighted by atomic mass is 32.2. The lowest BCUT2D eigenvalue weighted by Gasteiger charge is -2.33. The minimum Gasteiger partial charge on any atom is -0.496 e. The molecule has 3 atom stereocenters. The summed E-state index contributed by atoms with van der Waals surface area (Å²) < 4.78 is 48.2. The summed E-state index contributed by atoms with van der Waals surface area (Å²) in [4.78, 5) is 44.6. The van der Waals surface area contributed by atoms with Gasteiger partial charge in [-0.25, -0.2) is 17.8 Å². The second kappa shape index (κ2) is 12.2. The highest BCUT2D eigenvalue weighted by Crippen LogP contribution is 2.43. The number of carbonyl (C=O) groups is 1. The summed E-state index contributed by atoms with van der Waals surface area (Å²) in [5.41, 5.74) is -2.20. The van der Waals surface area contributed by atoms with Crippen LogP contribution in [0.2, 0.25) is 0 Å². The topological polar surface area (TPSA) is 166 Å². The molecule has 1 aliphatic carbocycles. The van der Waals surface area contributed by atoms with Gasteiger partial charge in [0.05, 0.1) is 54.5 Å². The molecule has 2 aliphatic heterocycles. The summed E-state index contributed by atoms with van der Waals surface area (Å²) in [6.07, 6.45) is 6.56. The van der Waals surface area contributed by atoms with Gasteiger partial charge in [-0.3, -0.25) is 18.9 Å². The van der Waals surface area contributed by atoms with Crippen molar-refractivity contribution < 1.29 is 27.4 Å². The highest BCUT2D eigenvalue weighted by Gasteiger charge is 2.52. The van der Waals surface area contributed by atoms with E-state index in [1.54, 1.807) is 21.0 Å². The number of aromatic nitrogens is 5. The maximum Gasteiger partial charge on any atom is 0.333 e. The van der Waals surface area contributed by atoms with E-state index in [9.17, 15) is 22.8 Å². The summed E-state index contributed by atoms with van der Waals surface area (Å²) in [6, 6.07) is 7.42. The zero-order valence-corrected chi connectivity index (χ0v) is 29.7. The molecule has 1 N–H and O–H groups in total. The van der Waals surface area contributed by atoms with Crippen molar-refractivity contribution in [2.75, 3.05) is 7.11 Å². The molecule has 7 rings (SSSR count). The lowest BCUT2D eigenvalue weighted by molar-refractivity contribution is -0.126. The molecule has 1 aromatic carbocycles. The molecule has 14 nitrogen and oxygen atoms in total. The number of carbonyl (C=O) groups excluding carboxylic acids is 1. The lowest BCUT2D eigenvalue weighted by atomic mass is 10.0. The van der Waals surface area contributed by atoms with Crippen LogP contribution in [0.15, 0.2) is 46.2 Å². The number of hydrogen-bond acceptors (Lipinski definition) is 11. The predicted molar refractivity (Wildman–Crippen MR) is 182 cm³/mol. The van der Waals surface area contributed by atoms with Crippen LogP contribution in [0.1, 0.15) is 76.5 Å². The first-order chi connectivity index (χ1) is 23.2. The van der Waals surface area contributed by atoms with Crippen LogP contribution in [-0.2, 0) is 36.4 Å². The first-order valence-corrected chi connectivity index (χ1v) is 18.7. The predicted octanol–water partition coefficient (Wildman–Crippen LogP) is 3.32. The molecule has 1 amide bonds. The molecule has 0 unspecified atom stereocenters. The molecule has 3 aromatic heterocycles. The van der Waals surface area contributed by atoms with Crippen LogP contribution in [0.25, 0.3) is 15.2 Å². The van der Waals surface area contributed by atoms with Crippen molar-refractivity contribution in [3.05, 3.63) is 68.6 Å².